The van der Waals surface area contributed by atoms with Gasteiger partial charge in [-0.25, -0.2) is 0 Å². The van der Waals surface area contributed by atoms with E-state index in [2.05, 4.69) is 0 Å². The summed E-state index contributed by atoms with van der Waals surface area (Å²) >= 11 is 0. The molecule has 0 saturated carbocycles. The number of hydrogen-bond acceptors (Lipinski definition) is 3. The van der Waals surface area contributed by atoms with Crippen LogP contribution in [0.4, 0.5) is 0 Å². The maximum atomic E-state index is 7.23. The number of hydrogen-bond donors (Lipinski definition) is 3. The Bertz CT molecular complexity index is 15.5. The first-order chi connectivity index (χ1) is 1.73. The first-order valence-electron chi connectivity index (χ1n) is 0.600. The van der Waals surface area contributed by atoms with Crippen LogP contribution in [-0.2, 0) is 0 Å². The molecule has 34 valence electrons. The molecule has 0 aromatic heterocycles. The summed E-state index contributed by atoms with van der Waals surface area (Å²) in [7, 11) is -2.62. The van der Waals surface area contributed by atoms with E-state index >= 15 is 0 Å². The standard InChI is InChI=1S/ClH.Na.H3O3P/c;;1-4(2)3/h1H;;1-3H/q;+1;/p-1. The maximum Gasteiger partial charge on any atom is 1.00 e. The zero-order valence-electron chi connectivity index (χ0n) is 3.17. The Balaban J connectivity index is -0.0000000450. The first-order valence-corrected chi connectivity index (χ1v) is 1.80. The molecule has 0 rings (SSSR count). The monoisotopic (exact) mass is 140 g/mol. The van der Waals surface area contributed by atoms with Crippen LogP contribution in [0.25, 0.3) is 0 Å². The molecule has 0 unspecified atom stereocenters. The van der Waals surface area contributed by atoms with Crippen molar-refractivity contribution in [2.24, 2.45) is 0 Å². The van der Waals surface area contributed by atoms with Crippen molar-refractivity contribution in [1.82, 2.24) is 0 Å². The fraction of sp³-hybridized carbons (Fsp3) is 0. The van der Waals surface area contributed by atoms with Gasteiger partial charge >= 0.3 is 38.2 Å². The average Bonchev–Trinajstić information content (AvgIpc) is 0.811. The Morgan fingerprint density at radius 3 is 1.00 bits per heavy atom. The van der Waals surface area contributed by atoms with Crippen LogP contribution < -0.4 is 42.0 Å². The molecule has 0 aromatic rings. The third kappa shape index (κ3) is 46.3. The number of halogens is 1. The zero-order chi connectivity index (χ0) is 3.58. The molecule has 0 radical (unpaired) electrons. The molecule has 0 fully saturated rings. The summed E-state index contributed by atoms with van der Waals surface area (Å²) in [5.41, 5.74) is 0. The third-order valence-electron chi connectivity index (χ3n) is 0. The van der Waals surface area contributed by atoms with Gasteiger partial charge in [0.25, 0.3) is 0 Å². The summed E-state index contributed by atoms with van der Waals surface area (Å²) in [6.07, 6.45) is 0. The molecule has 0 atom stereocenters. The predicted molar refractivity (Wildman–Crippen MR) is 13.6 cm³/mol. The van der Waals surface area contributed by atoms with Crippen molar-refractivity contribution in [3.63, 3.8) is 0 Å². The molecular weight excluding hydrogens is 137 g/mol. The second kappa shape index (κ2) is 9.78. The fourth-order valence-corrected chi connectivity index (χ4v) is 0. The van der Waals surface area contributed by atoms with Crippen LogP contribution in [-0.4, -0.2) is 14.7 Å². The molecule has 0 aliphatic rings. The van der Waals surface area contributed by atoms with Gasteiger partial charge in [0.15, 0.2) is 0 Å². The van der Waals surface area contributed by atoms with Gasteiger partial charge in [-0.1, -0.05) is 0 Å². The molecule has 0 aromatic carbocycles. The van der Waals surface area contributed by atoms with Gasteiger partial charge in [0.1, 0.15) is 0 Å². The fourth-order valence-electron chi connectivity index (χ4n) is 0. The zero-order valence-corrected chi connectivity index (χ0v) is 6.82. The largest absolute Gasteiger partial charge is 1.00 e. The van der Waals surface area contributed by atoms with Crippen molar-refractivity contribution >= 4 is 8.60 Å². The Hall–Kier alpha value is 1.60. The molecule has 3 nitrogen and oxygen atoms in total. The van der Waals surface area contributed by atoms with Crippen molar-refractivity contribution in [3.8, 4) is 0 Å². The van der Waals surface area contributed by atoms with E-state index in [0.29, 0.717) is 0 Å². The second-order valence-electron chi connectivity index (χ2n) is 0.268. The second-order valence-corrected chi connectivity index (χ2v) is 0.805. The molecule has 0 saturated heterocycles. The molecular formula is H3ClNaO3P. The van der Waals surface area contributed by atoms with Crippen LogP contribution in [0.2, 0.25) is 0 Å². The van der Waals surface area contributed by atoms with E-state index in [1.54, 1.807) is 0 Å². The maximum absolute atomic E-state index is 7.23. The van der Waals surface area contributed by atoms with Crippen molar-refractivity contribution in [3.05, 3.63) is 0 Å². The van der Waals surface area contributed by atoms with Crippen molar-refractivity contribution in [1.29, 1.82) is 0 Å². The predicted octanol–water partition coefficient (Wildman–Crippen LogP) is -6.80. The van der Waals surface area contributed by atoms with Gasteiger partial charge in [-0.15, -0.1) is 0 Å². The summed E-state index contributed by atoms with van der Waals surface area (Å²) in [5.74, 6) is 0. The topological polar surface area (TPSA) is 60.7 Å². The van der Waals surface area contributed by atoms with Crippen LogP contribution in [0.15, 0.2) is 0 Å². The Kier molecular flexibility index (Phi) is 25.5. The van der Waals surface area contributed by atoms with Crippen LogP contribution >= 0.6 is 8.60 Å². The van der Waals surface area contributed by atoms with Crippen molar-refractivity contribution < 1.29 is 56.6 Å². The van der Waals surface area contributed by atoms with Gasteiger partial charge in [-0.05, 0) is 0 Å². The van der Waals surface area contributed by atoms with Gasteiger partial charge in [0, 0.05) is 0 Å². The third-order valence-corrected chi connectivity index (χ3v) is 0. The van der Waals surface area contributed by atoms with Crippen molar-refractivity contribution in [2.75, 3.05) is 0 Å². The minimum Gasteiger partial charge on any atom is -1.00 e. The Morgan fingerprint density at radius 1 is 1.00 bits per heavy atom. The summed E-state index contributed by atoms with van der Waals surface area (Å²) in [4.78, 5) is 21.7. The minimum absolute atomic E-state index is 0. The van der Waals surface area contributed by atoms with E-state index in [-0.39, 0.29) is 42.0 Å². The SMILES string of the molecule is OP(O)O.[Cl-].[Na+]. The van der Waals surface area contributed by atoms with Gasteiger partial charge in [0.2, 0.25) is 0 Å². The van der Waals surface area contributed by atoms with E-state index in [1.807, 2.05) is 0 Å². The van der Waals surface area contributed by atoms with E-state index < -0.39 is 8.60 Å². The average molecular weight is 140 g/mol. The van der Waals surface area contributed by atoms with Crippen molar-refractivity contribution in [2.45, 2.75) is 0 Å². The van der Waals surface area contributed by atoms with Gasteiger partial charge in [0.05, 0.1) is 0 Å². The normalized spacial score (nSPS) is 6.00. The summed E-state index contributed by atoms with van der Waals surface area (Å²) in [6, 6.07) is 0. The molecule has 0 bridgehead atoms. The molecule has 0 spiro atoms. The van der Waals surface area contributed by atoms with Crippen LogP contribution in [0.1, 0.15) is 0 Å². The number of rotatable bonds is 0. The van der Waals surface area contributed by atoms with Crippen LogP contribution in [0.3, 0.4) is 0 Å². The summed E-state index contributed by atoms with van der Waals surface area (Å²) < 4.78 is 0. The quantitative estimate of drug-likeness (QED) is 0.232. The van der Waals surface area contributed by atoms with E-state index in [1.165, 1.54) is 0 Å². The molecule has 3 N–H and O–H groups in total. The van der Waals surface area contributed by atoms with Crippen LogP contribution in [0, 0.1) is 0 Å². The van der Waals surface area contributed by atoms with Crippen LogP contribution in [0.5, 0.6) is 0 Å². The van der Waals surface area contributed by atoms with Gasteiger partial charge < -0.3 is 27.1 Å². The molecule has 6 heavy (non-hydrogen) atoms. The van der Waals surface area contributed by atoms with E-state index in [0.717, 1.165) is 0 Å². The van der Waals surface area contributed by atoms with E-state index in [4.69, 9.17) is 14.7 Å². The van der Waals surface area contributed by atoms with E-state index in [9.17, 15) is 0 Å². The molecule has 0 aliphatic heterocycles. The molecule has 0 aliphatic carbocycles. The molecule has 0 heterocycles. The minimum atomic E-state index is -2.62. The summed E-state index contributed by atoms with van der Waals surface area (Å²) in [6.45, 7) is 0. The first kappa shape index (κ1) is 15.6. The smallest absolute Gasteiger partial charge is 1.00 e. The Labute approximate surface area is 65.1 Å². The molecule has 0 amide bonds. The molecule has 6 heteroatoms. The summed E-state index contributed by atoms with van der Waals surface area (Å²) in [5, 5.41) is 0. The van der Waals surface area contributed by atoms with Gasteiger partial charge in [-0.3, -0.25) is 0 Å². The van der Waals surface area contributed by atoms with Gasteiger partial charge in [-0.2, -0.15) is 0 Å². The Morgan fingerprint density at radius 2 is 1.00 bits per heavy atom.